The van der Waals surface area contributed by atoms with E-state index in [2.05, 4.69) is 26.6 Å². The second-order valence-corrected chi connectivity index (χ2v) is 5.08. The van der Waals surface area contributed by atoms with E-state index in [9.17, 15) is 9.18 Å². The van der Waals surface area contributed by atoms with Gasteiger partial charge in [-0.1, -0.05) is 11.6 Å². The Morgan fingerprint density at radius 2 is 2.18 bits per heavy atom. The third-order valence-corrected chi connectivity index (χ3v) is 2.81. The van der Waals surface area contributed by atoms with Gasteiger partial charge in [0.25, 0.3) is 0 Å². The molecule has 1 aromatic carbocycles. The molecule has 17 heavy (non-hydrogen) atoms. The Labute approximate surface area is 113 Å². The van der Waals surface area contributed by atoms with Crippen molar-refractivity contribution in [3.8, 4) is 0 Å². The molecular formula is C11H13BrClFN2O. The molecule has 1 aromatic rings. The smallest absolute Gasteiger partial charge is 0.239 e. The zero-order chi connectivity index (χ0) is 13.0. The SMILES string of the molecule is CC(C)NC(=O)CNc1c(Cl)cc(F)cc1Br. The van der Waals surface area contributed by atoms with Crippen molar-refractivity contribution in [3.63, 3.8) is 0 Å². The lowest BCUT2D eigenvalue weighted by atomic mass is 10.3. The standard InChI is InChI=1S/C11H13BrClFN2O/c1-6(2)16-10(17)5-15-11-8(12)3-7(14)4-9(11)13/h3-4,6,15H,5H2,1-2H3,(H,16,17). The van der Waals surface area contributed by atoms with Gasteiger partial charge in [0.1, 0.15) is 5.82 Å². The van der Waals surface area contributed by atoms with Gasteiger partial charge in [0.15, 0.2) is 0 Å². The highest BCUT2D eigenvalue weighted by molar-refractivity contribution is 9.10. The van der Waals surface area contributed by atoms with Crippen LogP contribution in [0.25, 0.3) is 0 Å². The Morgan fingerprint density at radius 1 is 1.53 bits per heavy atom. The zero-order valence-corrected chi connectivity index (χ0v) is 11.8. The monoisotopic (exact) mass is 322 g/mol. The quantitative estimate of drug-likeness (QED) is 0.893. The maximum Gasteiger partial charge on any atom is 0.239 e. The van der Waals surface area contributed by atoms with Gasteiger partial charge in [-0.3, -0.25) is 4.79 Å². The molecule has 0 unspecified atom stereocenters. The Balaban J connectivity index is 2.67. The lowest BCUT2D eigenvalue weighted by Gasteiger charge is -2.12. The predicted molar refractivity (Wildman–Crippen MR) is 70.9 cm³/mol. The molecule has 0 aliphatic carbocycles. The van der Waals surface area contributed by atoms with E-state index in [0.717, 1.165) is 0 Å². The number of hydrogen-bond acceptors (Lipinski definition) is 2. The Bertz CT molecular complexity index is 403. The molecule has 3 nitrogen and oxygen atoms in total. The first-order chi connectivity index (χ1) is 7.90. The third-order valence-electron chi connectivity index (χ3n) is 1.88. The largest absolute Gasteiger partial charge is 0.374 e. The van der Waals surface area contributed by atoms with Gasteiger partial charge in [0, 0.05) is 10.5 Å². The van der Waals surface area contributed by atoms with Crippen LogP contribution in [0.1, 0.15) is 13.8 Å². The van der Waals surface area contributed by atoms with Crippen molar-refractivity contribution in [2.45, 2.75) is 19.9 Å². The fourth-order valence-corrected chi connectivity index (χ4v) is 2.21. The van der Waals surface area contributed by atoms with Crippen LogP contribution in [0.4, 0.5) is 10.1 Å². The summed E-state index contributed by atoms with van der Waals surface area (Å²) in [6.45, 7) is 3.83. The molecular weight excluding hydrogens is 310 g/mol. The number of nitrogens with one attached hydrogen (secondary N) is 2. The number of amides is 1. The summed E-state index contributed by atoms with van der Waals surface area (Å²) >= 11 is 9.04. The second kappa shape index (κ2) is 6.21. The van der Waals surface area contributed by atoms with E-state index in [0.29, 0.717) is 10.2 Å². The molecule has 0 aliphatic heterocycles. The van der Waals surface area contributed by atoms with Crippen LogP contribution in [0.15, 0.2) is 16.6 Å². The summed E-state index contributed by atoms with van der Waals surface area (Å²) in [5.41, 5.74) is 0.506. The van der Waals surface area contributed by atoms with Gasteiger partial charge < -0.3 is 10.6 Å². The fraction of sp³-hybridized carbons (Fsp3) is 0.364. The number of benzene rings is 1. The van der Waals surface area contributed by atoms with Crippen molar-refractivity contribution >= 4 is 39.1 Å². The van der Waals surface area contributed by atoms with Crippen LogP contribution in [0.2, 0.25) is 5.02 Å². The zero-order valence-electron chi connectivity index (χ0n) is 9.48. The topological polar surface area (TPSA) is 41.1 Å². The number of halogens is 3. The van der Waals surface area contributed by atoms with Crippen LogP contribution in [-0.2, 0) is 4.79 Å². The summed E-state index contributed by atoms with van der Waals surface area (Å²) in [5, 5.41) is 5.82. The van der Waals surface area contributed by atoms with E-state index in [1.54, 1.807) is 0 Å². The molecule has 0 aliphatic rings. The van der Waals surface area contributed by atoms with E-state index in [1.807, 2.05) is 13.8 Å². The fourth-order valence-electron chi connectivity index (χ4n) is 1.25. The normalized spacial score (nSPS) is 10.5. The Morgan fingerprint density at radius 3 is 2.71 bits per heavy atom. The lowest BCUT2D eigenvalue weighted by Crippen LogP contribution is -2.34. The van der Waals surface area contributed by atoms with Crippen molar-refractivity contribution in [3.05, 3.63) is 27.4 Å². The molecule has 2 N–H and O–H groups in total. The van der Waals surface area contributed by atoms with Gasteiger partial charge in [0.2, 0.25) is 5.91 Å². The molecule has 0 aromatic heterocycles. The molecule has 6 heteroatoms. The third kappa shape index (κ3) is 4.52. The Hall–Kier alpha value is -0.810. The van der Waals surface area contributed by atoms with Crippen molar-refractivity contribution < 1.29 is 9.18 Å². The molecule has 0 fully saturated rings. The lowest BCUT2D eigenvalue weighted by molar-refractivity contribution is -0.119. The van der Waals surface area contributed by atoms with Gasteiger partial charge in [0.05, 0.1) is 17.3 Å². The first-order valence-corrected chi connectivity index (χ1v) is 6.25. The number of hydrogen-bond donors (Lipinski definition) is 2. The van der Waals surface area contributed by atoms with Crippen molar-refractivity contribution in [2.24, 2.45) is 0 Å². The van der Waals surface area contributed by atoms with Crippen LogP contribution >= 0.6 is 27.5 Å². The maximum atomic E-state index is 13.0. The minimum atomic E-state index is -0.431. The summed E-state index contributed by atoms with van der Waals surface area (Å²) in [6, 6.07) is 2.56. The molecule has 0 saturated carbocycles. The molecule has 0 radical (unpaired) electrons. The van der Waals surface area contributed by atoms with E-state index < -0.39 is 5.82 Å². The van der Waals surface area contributed by atoms with Crippen molar-refractivity contribution in [1.82, 2.24) is 5.32 Å². The summed E-state index contributed by atoms with van der Waals surface area (Å²) in [4.78, 5) is 11.4. The van der Waals surface area contributed by atoms with Crippen molar-refractivity contribution in [1.29, 1.82) is 0 Å². The summed E-state index contributed by atoms with van der Waals surface area (Å²) < 4.78 is 13.4. The van der Waals surface area contributed by atoms with Crippen LogP contribution < -0.4 is 10.6 Å². The maximum absolute atomic E-state index is 13.0. The first kappa shape index (κ1) is 14.3. The number of rotatable bonds is 4. The summed E-state index contributed by atoms with van der Waals surface area (Å²) in [6.07, 6.45) is 0. The molecule has 0 saturated heterocycles. The van der Waals surface area contributed by atoms with Gasteiger partial charge in [-0.05, 0) is 41.9 Å². The molecule has 0 spiro atoms. The van der Waals surface area contributed by atoms with Crippen LogP contribution in [0, 0.1) is 5.82 Å². The number of anilines is 1. The highest BCUT2D eigenvalue weighted by Crippen LogP contribution is 2.31. The molecule has 0 atom stereocenters. The van der Waals surface area contributed by atoms with Crippen LogP contribution in [0.3, 0.4) is 0 Å². The van der Waals surface area contributed by atoms with Gasteiger partial charge in [-0.2, -0.15) is 0 Å². The predicted octanol–water partition coefficient (Wildman–Crippen LogP) is 3.18. The molecule has 94 valence electrons. The number of carbonyl (C=O) groups excluding carboxylic acids is 1. The molecule has 1 amide bonds. The van der Waals surface area contributed by atoms with Crippen LogP contribution in [0.5, 0.6) is 0 Å². The molecule has 0 heterocycles. The highest BCUT2D eigenvalue weighted by Gasteiger charge is 2.09. The Kier molecular flexibility index (Phi) is 5.21. The van der Waals surface area contributed by atoms with Crippen LogP contribution in [-0.4, -0.2) is 18.5 Å². The van der Waals surface area contributed by atoms with Gasteiger partial charge >= 0.3 is 0 Å². The van der Waals surface area contributed by atoms with Crippen molar-refractivity contribution in [2.75, 3.05) is 11.9 Å². The highest BCUT2D eigenvalue weighted by atomic mass is 79.9. The molecule has 1 rings (SSSR count). The van der Waals surface area contributed by atoms with E-state index in [-0.39, 0.29) is 23.5 Å². The second-order valence-electron chi connectivity index (χ2n) is 3.82. The first-order valence-electron chi connectivity index (χ1n) is 5.08. The van der Waals surface area contributed by atoms with E-state index >= 15 is 0 Å². The van der Waals surface area contributed by atoms with E-state index in [1.165, 1.54) is 12.1 Å². The minimum Gasteiger partial charge on any atom is -0.374 e. The number of carbonyl (C=O) groups is 1. The summed E-state index contributed by atoms with van der Waals surface area (Å²) in [5.74, 6) is -0.577. The van der Waals surface area contributed by atoms with E-state index in [4.69, 9.17) is 11.6 Å². The average Bonchev–Trinajstić information content (AvgIpc) is 2.14. The molecule has 0 bridgehead atoms. The summed E-state index contributed by atoms with van der Waals surface area (Å²) in [7, 11) is 0. The minimum absolute atomic E-state index is 0.0800. The van der Waals surface area contributed by atoms with Gasteiger partial charge in [-0.25, -0.2) is 4.39 Å². The average molecular weight is 324 g/mol. The van der Waals surface area contributed by atoms with Gasteiger partial charge in [-0.15, -0.1) is 0 Å².